The minimum atomic E-state index is -1.37. The van der Waals surface area contributed by atoms with Crippen molar-refractivity contribution in [2.24, 2.45) is 0 Å². The van der Waals surface area contributed by atoms with E-state index in [0.29, 0.717) is 0 Å². The monoisotopic (exact) mass is 188 g/mol. The van der Waals surface area contributed by atoms with E-state index in [1.165, 1.54) is 0 Å². The van der Waals surface area contributed by atoms with Crippen molar-refractivity contribution in [3.05, 3.63) is 29.3 Å². The summed E-state index contributed by atoms with van der Waals surface area (Å²) in [5.41, 5.74) is -0.401. The van der Waals surface area contributed by atoms with Gasteiger partial charge in [-0.15, -0.1) is 0 Å². The zero-order valence-electron chi connectivity index (χ0n) is 6.67. The van der Waals surface area contributed by atoms with Crippen LogP contribution in [-0.4, -0.2) is 18.2 Å². The van der Waals surface area contributed by atoms with Crippen molar-refractivity contribution in [1.82, 2.24) is 0 Å². The molecule has 1 aromatic carbocycles. The summed E-state index contributed by atoms with van der Waals surface area (Å²) in [6, 6.07) is 1.68. The summed E-state index contributed by atoms with van der Waals surface area (Å²) in [5.74, 6) is -4.38. The van der Waals surface area contributed by atoms with E-state index in [1.54, 1.807) is 0 Å². The average molecular weight is 188 g/mol. The van der Waals surface area contributed by atoms with E-state index in [-0.39, 0.29) is 0 Å². The number of rotatable bonds is 2. The zero-order chi connectivity index (χ0) is 10.0. The lowest BCUT2D eigenvalue weighted by Crippen LogP contribution is -2.03. The first-order valence-corrected chi connectivity index (χ1v) is 3.33. The molecule has 70 valence electrons. The van der Waals surface area contributed by atoms with Crippen LogP contribution in [0.1, 0.15) is 10.4 Å². The Morgan fingerprint density at radius 2 is 2.08 bits per heavy atom. The molecule has 5 heteroatoms. The van der Waals surface area contributed by atoms with Gasteiger partial charge < -0.3 is 9.84 Å². The van der Waals surface area contributed by atoms with Gasteiger partial charge in [-0.05, 0) is 12.1 Å². The number of methoxy groups -OCH3 is 1. The quantitative estimate of drug-likeness (QED) is 0.767. The lowest BCUT2D eigenvalue weighted by atomic mass is 10.2. The van der Waals surface area contributed by atoms with Gasteiger partial charge >= 0.3 is 5.97 Å². The Kier molecular flexibility index (Phi) is 2.46. The Morgan fingerprint density at radius 1 is 1.46 bits per heavy atom. The highest BCUT2D eigenvalue weighted by Crippen LogP contribution is 2.24. The Hall–Kier alpha value is -1.65. The molecular formula is C8H6F2O3. The number of benzene rings is 1. The van der Waals surface area contributed by atoms with Gasteiger partial charge in [-0.25, -0.2) is 9.18 Å². The third-order valence-corrected chi connectivity index (χ3v) is 1.48. The third kappa shape index (κ3) is 1.58. The maximum absolute atomic E-state index is 12.9. The first-order chi connectivity index (χ1) is 6.07. The van der Waals surface area contributed by atoms with Crippen molar-refractivity contribution in [1.29, 1.82) is 0 Å². The van der Waals surface area contributed by atoms with Crippen LogP contribution in [0.15, 0.2) is 12.1 Å². The molecule has 0 atom stereocenters. The largest absolute Gasteiger partial charge is 0.493 e. The first kappa shape index (κ1) is 9.44. The minimum Gasteiger partial charge on any atom is -0.493 e. The van der Waals surface area contributed by atoms with E-state index < -0.39 is 28.9 Å². The topological polar surface area (TPSA) is 46.5 Å². The molecule has 0 amide bonds. The van der Waals surface area contributed by atoms with E-state index in [0.717, 1.165) is 19.2 Å². The number of carbonyl (C=O) groups is 1. The number of ether oxygens (including phenoxy) is 1. The van der Waals surface area contributed by atoms with Crippen LogP contribution < -0.4 is 4.74 Å². The summed E-state index contributed by atoms with van der Waals surface area (Å²) in [7, 11) is 1.07. The minimum absolute atomic E-state index is 0.401. The normalized spacial score (nSPS) is 9.77. The summed E-state index contributed by atoms with van der Waals surface area (Å²) in [6.07, 6.45) is 0. The highest BCUT2D eigenvalue weighted by Gasteiger charge is 2.18. The molecule has 0 aliphatic rings. The molecule has 0 unspecified atom stereocenters. The van der Waals surface area contributed by atoms with Crippen LogP contribution in [0.5, 0.6) is 5.75 Å². The Bertz CT molecular complexity index is 349. The van der Waals surface area contributed by atoms with Crippen LogP contribution in [-0.2, 0) is 0 Å². The number of halogens is 2. The molecule has 0 saturated carbocycles. The lowest BCUT2D eigenvalue weighted by Gasteiger charge is -2.05. The zero-order valence-corrected chi connectivity index (χ0v) is 6.67. The maximum atomic E-state index is 12.9. The third-order valence-electron chi connectivity index (χ3n) is 1.48. The SMILES string of the molecule is COc1c(C(=O)O)ccc(F)c1F. The van der Waals surface area contributed by atoms with Crippen LogP contribution in [0.4, 0.5) is 8.78 Å². The van der Waals surface area contributed by atoms with Gasteiger partial charge in [0.1, 0.15) is 5.56 Å². The van der Waals surface area contributed by atoms with Gasteiger partial charge in [-0.2, -0.15) is 4.39 Å². The van der Waals surface area contributed by atoms with Crippen LogP contribution >= 0.6 is 0 Å². The fraction of sp³-hybridized carbons (Fsp3) is 0.125. The van der Waals surface area contributed by atoms with Gasteiger partial charge in [0, 0.05) is 0 Å². The number of carboxylic acids is 1. The molecule has 0 aromatic heterocycles. The summed E-state index contributed by atoms with van der Waals surface area (Å²) < 4.78 is 29.8. The predicted molar refractivity (Wildman–Crippen MR) is 39.9 cm³/mol. The van der Waals surface area contributed by atoms with Gasteiger partial charge in [0.25, 0.3) is 0 Å². The number of hydrogen-bond acceptors (Lipinski definition) is 2. The van der Waals surface area contributed by atoms with Crippen molar-refractivity contribution >= 4 is 5.97 Å². The van der Waals surface area contributed by atoms with E-state index in [2.05, 4.69) is 4.74 Å². The van der Waals surface area contributed by atoms with Crippen molar-refractivity contribution in [3.8, 4) is 5.75 Å². The molecule has 0 spiro atoms. The molecule has 0 aliphatic carbocycles. The molecule has 0 bridgehead atoms. The summed E-state index contributed by atoms with van der Waals surface area (Å²) in [4.78, 5) is 10.5. The van der Waals surface area contributed by atoms with Crippen LogP contribution in [0.3, 0.4) is 0 Å². The molecule has 13 heavy (non-hydrogen) atoms. The second-order valence-electron chi connectivity index (χ2n) is 2.25. The first-order valence-electron chi connectivity index (χ1n) is 3.33. The lowest BCUT2D eigenvalue weighted by molar-refractivity contribution is 0.0692. The van der Waals surface area contributed by atoms with Gasteiger partial charge in [0.15, 0.2) is 11.6 Å². The number of carboxylic acid groups (broad SMARTS) is 1. The van der Waals surface area contributed by atoms with Gasteiger partial charge in [-0.1, -0.05) is 0 Å². The predicted octanol–water partition coefficient (Wildman–Crippen LogP) is 1.67. The molecular weight excluding hydrogens is 182 g/mol. The molecule has 0 heterocycles. The van der Waals surface area contributed by atoms with Gasteiger partial charge in [0.2, 0.25) is 5.82 Å². The summed E-state index contributed by atoms with van der Waals surface area (Å²) >= 11 is 0. The molecule has 3 nitrogen and oxygen atoms in total. The fourth-order valence-corrected chi connectivity index (χ4v) is 0.900. The van der Waals surface area contributed by atoms with E-state index >= 15 is 0 Å². The molecule has 0 saturated heterocycles. The highest BCUT2D eigenvalue weighted by molar-refractivity contribution is 5.90. The standard InChI is InChI=1S/C8H6F2O3/c1-13-7-4(8(11)12)2-3-5(9)6(7)10/h2-3H,1H3,(H,11,12). The Balaban J connectivity index is 3.38. The van der Waals surface area contributed by atoms with Crippen molar-refractivity contribution < 1.29 is 23.4 Å². The molecule has 1 N–H and O–H groups in total. The van der Waals surface area contributed by atoms with Crippen LogP contribution in [0.25, 0.3) is 0 Å². The Morgan fingerprint density at radius 3 is 2.54 bits per heavy atom. The molecule has 0 aliphatic heterocycles. The number of hydrogen-bond donors (Lipinski definition) is 1. The van der Waals surface area contributed by atoms with E-state index in [9.17, 15) is 13.6 Å². The molecule has 0 fully saturated rings. The van der Waals surface area contributed by atoms with Gasteiger partial charge in [-0.3, -0.25) is 0 Å². The number of aromatic carboxylic acids is 1. The summed E-state index contributed by atoms with van der Waals surface area (Å²) in [5, 5.41) is 8.54. The smallest absolute Gasteiger partial charge is 0.339 e. The van der Waals surface area contributed by atoms with E-state index in [4.69, 9.17) is 5.11 Å². The van der Waals surface area contributed by atoms with Gasteiger partial charge in [0.05, 0.1) is 7.11 Å². The van der Waals surface area contributed by atoms with Crippen LogP contribution in [0.2, 0.25) is 0 Å². The second kappa shape index (κ2) is 3.38. The molecule has 0 radical (unpaired) electrons. The van der Waals surface area contributed by atoms with Crippen molar-refractivity contribution in [2.75, 3.05) is 7.11 Å². The highest BCUT2D eigenvalue weighted by atomic mass is 19.2. The fourth-order valence-electron chi connectivity index (χ4n) is 0.900. The Labute approximate surface area is 72.6 Å². The van der Waals surface area contributed by atoms with Crippen LogP contribution in [0, 0.1) is 11.6 Å². The summed E-state index contributed by atoms with van der Waals surface area (Å²) in [6.45, 7) is 0. The molecule has 1 aromatic rings. The molecule has 1 rings (SSSR count). The van der Waals surface area contributed by atoms with E-state index in [1.807, 2.05) is 0 Å². The van der Waals surface area contributed by atoms with Crippen molar-refractivity contribution in [2.45, 2.75) is 0 Å². The average Bonchev–Trinajstić information content (AvgIpc) is 2.09. The van der Waals surface area contributed by atoms with Crippen molar-refractivity contribution in [3.63, 3.8) is 0 Å². The maximum Gasteiger partial charge on any atom is 0.339 e. The second-order valence-corrected chi connectivity index (χ2v) is 2.25.